The van der Waals surface area contributed by atoms with Crippen molar-refractivity contribution in [3.05, 3.63) is 12.3 Å². The van der Waals surface area contributed by atoms with Crippen molar-refractivity contribution >= 4 is 5.82 Å². The fraction of sp³-hybridized carbons (Fsp3) is 0.571. The van der Waals surface area contributed by atoms with Crippen molar-refractivity contribution in [3.8, 4) is 0 Å². The van der Waals surface area contributed by atoms with E-state index >= 15 is 0 Å². The number of aryl methyl sites for hydroxylation is 1. The molecular formula is C7H15N3. The average molecular weight is 141 g/mol. The number of hydrogen-bond donors (Lipinski definition) is 1. The number of anilines is 1. The summed E-state index contributed by atoms with van der Waals surface area (Å²) in [5.74, 6) is 0.729. The van der Waals surface area contributed by atoms with Crippen LogP contribution in [-0.2, 0) is 6.54 Å². The molecule has 0 radical (unpaired) electrons. The first kappa shape index (κ1) is 9.01. The van der Waals surface area contributed by atoms with Crippen LogP contribution >= 0.6 is 0 Å². The third-order valence-corrected chi connectivity index (χ3v) is 1.05. The van der Waals surface area contributed by atoms with E-state index in [9.17, 15) is 0 Å². The number of nitrogen functional groups attached to an aromatic ring is 1. The second-order valence-electron chi connectivity index (χ2n) is 1.57. The Morgan fingerprint density at radius 3 is 2.40 bits per heavy atom. The highest BCUT2D eigenvalue weighted by atomic mass is 15.3. The molecule has 10 heavy (non-hydrogen) atoms. The second-order valence-corrected chi connectivity index (χ2v) is 1.57. The minimum absolute atomic E-state index is 0.729. The molecule has 0 atom stereocenters. The van der Waals surface area contributed by atoms with E-state index in [1.54, 1.807) is 16.9 Å². The summed E-state index contributed by atoms with van der Waals surface area (Å²) < 4.78 is 1.74. The van der Waals surface area contributed by atoms with Crippen molar-refractivity contribution in [1.29, 1.82) is 0 Å². The van der Waals surface area contributed by atoms with E-state index in [2.05, 4.69) is 5.10 Å². The zero-order chi connectivity index (χ0) is 7.98. The molecule has 2 N–H and O–H groups in total. The largest absolute Gasteiger partial charge is 0.384 e. The summed E-state index contributed by atoms with van der Waals surface area (Å²) >= 11 is 0. The van der Waals surface area contributed by atoms with Crippen LogP contribution in [0.3, 0.4) is 0 Å². The Balaban J connectivity index is 0.000000371. The van der Waals surface area contributed by atoms with Gasteiger partial charge in [-0.05, 0) is 13.0 Å². The summed E-state index contributed by atoms with van der Waals surface area (Å²) in [7, 11) is 0. The highest BCUT2D eigenvalue weighted by Gasteiger charge is 1.89. The molecule has 0 saturated carbocycles. The minimum atomic E-state index is 0.729. The number of aromatic nitrogens is 2. The Hall–Kier alpha value is -0.990. The molecule has 1 aromatic rings. The molecule has 0 aliphatic heterocycles. The predicted molar refractivity (Wildman–Crippen MR) is 43.7 cm³/mol. The maximum atomic E-state index is 5.45. The summed E-state index contributed by atoms with van der Waals surface area (Å²) in [6.07, 6.45) is 1.69. The summed E-state index contributed by atoms with van der Waals surface area (Å²) in [5, 5.41) is 3.93. The summed E-state index contributed by atoms with van der Waals surface area (Å²) in [6, 6.07) is 1.78. The Morgan fingerprint density at radius 1 is 1.60 bits per heavy atom. The van der Waals surface area contributed by atoms with Crippen molar-refractivity contribution in [1.82, 2.24) is 9.78 Å². The molecule has 0 aromatic carbocycles. The van der Waals surface area contributed by atoms with Crippen LogP contribution in [0, 0.1) is 0 Å². The van der Waals surface area contributed by atoms with Crippen LogP contribution in [0.4, 0.5) is 5.82 Å². The molecule has 3 heteroatoms. The van der Waals surface area contributed by atoms with Crippen LogP contribution in [0.15, 0.2) is 12.3 Å². The lowest BCUT2D eigenvalue weighted by molar-refractivity contribution is 0.670. The van der Waals surface area contributed by atoms with Crippen LogP contribution in [0.5, 0.6) is 0 Å². The molecule has 0 amide bonds. The average Bonchev–Trinajstić information content (AvgIpc) is 2.39. The second kappa shape index (κ2) is 4.85. The molecule has 1 heterocycles. The van der Waals surface area contributed by atoms with Gasteiger partial charge in [-0.1, -0.05) is 13.8 Å². The van der Waals surface area contributed by atoms with E-state index < -0.39 is 0 Å². The first-order valence-electron chi connectivity index (χ1n) is 3.62. The zero-order valence-electron chi connectivity index (χ0n) is 6.83. The van der Waals surface area contributed by atoms with Gasteiger partial charge in [0.25, 0.3) is 0 Å². The Bertz CT molecular complexity index is 169. The molecule has 0 fully saturated rings. The normalized spacial score (nSPS) is 8.30. The quantitative estimate of drug-likeness (QED) is 0.644. The van der Waals surface area contributed by atoms with Crippen LogP contribution in [0.2, 0.25) is 0 Å². The fourth-order valence-corrected chi connectivity index (χ4v) is 0.607. The van der Waals surface area contributed by atoms with Gasteiger partial charge in [0.05, 0.1) is 6.20 Å². The minimum Gasteiger partial charge on any atom is -0.384 e. The van der Waals surface area contributed by atoms with Gasteiger partial charge >= 0.3 is 0 Å². The van der Waals surface area contributed by atoms with Crippen molar-refractivity contribution < 1.29 is 0 Å². The standard InChI is InChI=1S/C5H9N3.C2H6/c1-2-8-5(6)3-4-7-8;1-2/h3-4H,2,6H2,1H3;1-2H3. The van der Waals surface area contributed by atoms with Crippen molar-refractivity contribution in [3.63, 3.8) is 0 Å². The van der Waals surface area contributed by atoms with Crippen LogP contribution < -0.4 is 5.73 Å². The molecule has 1 aromatic heterocycles. The third kappa shape index (κ3) is 2.09. The van der Waals surface area contributed by atoms with E-state index in [1.165, 1.54) is 0 Å². The van der Waals surface area contributed by atoms with E-state index in [0.29, 0.717) is 0 Å². The zero-order valence-corrected chi connectivity index (χ0v) is 6.83. The van der Waals surface area contributed by atoms with Crippen LogP contribution in [-0.4, -0.2) is 9.78 Å². The summed E-state index contributed by atoms with van der Waals surface area (Å²) in [5.41, 5.74) is 5.45. The summed E-state index contributed by atoms with van der Waals surface area (Å²) in [6.45, 7) is 6.85. The number of nitrogens with two attached hydrogens (primary N) is 1. The molecule has 0 aliphatic carbocycles. The number of rotatable bonds is 1. The molecule has 0 saturated heterocycles. The fourth-order valence-electron chi connectivity index (χ4n) is 0.607. The van der Waals surface area contributed by atoms with Gasteiger partial charge in [0.15, 0.2) is 0 Å². The highest BCUT2D eigenvalue weighted by molar-refractivity contribution is 5.25. The molecule has 0 spiro atoms. The smallest absolute Gasteiger partial charge is 0.121 e. The lowest BCUT2D eigenvalue weighted by Gasteiger charge is -1.94. The van der Waals surface area contributed by atoms with Gasteiger partial charge in [0, 0.05) is 6.54 Å². The van der Waals surface area contributed by atoms with E-state index in [-0.39, 0.29) is 0 Å². The molecule has 3 nitrogen and oxygen atoms in total. The van der Waals surface area contributed by atoms with Crippen molar-refractivity contribution in [2.75, 3.05) is 5.73 Å². The van der Waals surface area contributed by atoms with E-state index in [1.807, 2.05) is 20.8 Å². The topological polar surface area (TPSA) is 43.8 Å². The summed E-state index contributed by atoms with van der Waals surface area (Å²) in [4.78, 5) is 0. The monoisotopic (exact) mass is 141 g/mol. The molecule has 58 valence electrons. The lowest BCUT2D eigenvalue weighted by atomic mass is 10.6. The maximum Gasteiger partial charge on any atom is 0.121 e. The van der Waals surface area contributed by atoms with Crippen LogP contribution in [0.25, 0.3) is 0 Å². The molecule has 0 unspecified atom stereocenters. The van der Waals surface area contributed by atoms with Crippen molar-refractivity contribution in [2.45, 2.75) is 27.3 Å². The first-order valence-corrected chi connectivity index (χ1v) is 3.62. The lowest BCUT2D eigenvalue weighted by Crippen LogP contribution is -2.00. The van der Waals surface area contributed by atoms with Gasteiger partial charge in [-0.25, -0.2) is 0 Å². The SMILES string of the molecule is CC.CCn1nccc1N. The Kier molecular flexibility index (Phi) is 4.37. The van der Waals surface area contributed by atoms with Crippen molar-refractivity contribution in [2.24, 2.45) is 0 Å². The van der Waals surface area contributed by atoms with Gasteiger partial charge in [0.2, 0.25) is 0 Å². The van der Waals surface area contributed by atoms with E-state index in [0.717, 1.165) is 12.4 Å². The van der Waals surface area contributed by atoms with Gasteiger partial charge < -0.3 is 5.73 Å². The molecule has 0 aliphatic rings. The molecule has 0 bridgehead atoms. The highest BCUT2D eigenvalue weighted by Crippen LogP contribution is 1.96. The van der Waals surface area contributed by atoms with E-state index in [4.69, 9.17) is 5.73 Å². The Morgan fingerprint density at radius 2 is 2.20 bits per heavy atom. The molecule has 1 rings (SSSR count). The maximum absolute atomic E-state index is 5.45. The van der Waals surface area contributed by atoms with Gasteiger partial charge in [-0.2, -0.15) is 5.10 Å². The predicted octanol–water partition coefficient (Wildman–Crippen LogP) is 1.51. The first-order chi connectivity index (χ1) is 4.84. The number of nitrogens with zero attached hydrogens (tertiary/aromatic N) is 2. The Labute approximate surface area is 61.8 Å². The molecular weight excluding hydrogens is 126 g/mol. The van der Waals surface area contributed by atoms with Gasteiger partial charge in [0.1, 0.15) is 5.82 Å². The van der Waals surface area contributed by atoms with Crippen LogP contribution in [0.1, 0.15) is 20.8 Å². The van der Waals surface area contributed by atoms with Gasteiger partial charge in [-0.15, -0.1) is 0 Å². The van der Waals surface area contributed by atoms with Gasteiger partial charge in [-0.3, -0.25) is 4.68 Å². The third-order valence-electron chi connectivity index (χ3n) is 1.05. The number of hydrogen-bond acceptors (Lipinski definition) is 2.